The highest BCUT2D eigenvalue weighted by Crippen LogP contribution is 2.52. The van der Waals surface area contributed by atoms with Crippen LogP contribution in [0, 0.1) is 0 Å². The molecule has 2 unspecified atom stereocenters. The summed E-state index contributed by atoms with van der Waals surface area (Å²) in [5, 5.41) is 9.83. The number of hydrogen-bond acceptors (Lipinski definition) is 11. The van der Waals surface area contributed by atoms with Gasteiger partial charge in [-0.2, -0.15) is 4.98 Å². The highest BCUT2D eigenvalue weighted by Gasteiger charge is 2.36. The fourth-order valence-corrected chi connectivity index (χ4v) is 3.52. The SMILES string of the molecule is Nc1ccn([C@H]2C[C@@H](O)[C@@H](COP(=O)([O-])OP(=O)([O-])O)O2)c(=O)n1. The van der Waals surface area contributed by atoms with Crippen molar-refractivity contribution >= 4 is 21.5 Å². The van der Waals surface area contributed by atoms with E-state index in [0.717, 1.165) is 4.57 Å². The second kappa shape index (κ2) is 7.00. The summed E-state index contributed by atoms with van der Waals surface area (Å²) in [4.78, 5) is 45.1. The van der Waals surface area contributed by atoms with Crippen molar-refractivity contribution in [1.29, 1.82) is 0 Å². The maximum absolute atomic E-state index is 11.7. The number of nitrogens with two attached hydrogens (primary N) is 1. The van der Waals surface area contributed by atoms with Crippen molar-refractivity contribution in [3.63, 3.8) is 0 Å². The van der Waals surface area contributed by atoms with E-state index in [4.69, 9.17) is 15.4 Å². The fourth-order valence-electron chi connectivity index (χ4n) is 2.00. The number of phosphoric ester groups is 1. The van der Waals surface area contributed by atoms with Crippen LogP contribution < -0.4 is 21.2 Å². The molecule has 1 aliphatic rings. The zero-order valence-electron chi connectivity index (χ0n) is 11.8. The van der Waals surface area contributed by atoms with Gasteiger partial charge in [-0.25, -0.2) is 9.11 Å². The molecule has 2 rings (SSSR count). The number of aromatic nitrogens is 2. The van der Waals surface area contributed by atoms with Crippen molar-refractivity contribution in [2.75, 3.05) is 12.3 Å². The minimum Gasteiger partial charge on any atom is -0.756 e. The summed E-state index contributed by atoms with van der Waals surface area (Å²) in [7, 11) is -10.9. The van der Waals surface area contributed by atoms with E-state index in [0.29, 0.717) is 0 Å². The van der Waals surface area contributed by atoms with Crippen molar-refractivity contribution in [3.8, 4) is 0 Å². The topological polar surface area (TPSA) is 209 Å². The van der Waals surface area contributed by atoms with E-state index in [1.54, 1.807) is 0 Å². The lowest BCUT2D eigenvalue weighted by atomic mass is 10.2. The first kappa shape index (κ1) is 19.2. The van der Waals surface area contributed by atoms with Crippen LogP contribution in [0.5, 0.6) is 0 Å². The van der Waals surface area contributed by atoms with E-state index in [1.807, 2.05) is 0 Å². The standard InChI is InChI=1S/C9H15N3O10P2/c10-7-1-2-12(9(14)11-7)8-3-5(13)6(21-8)4-20-24(18,19)22-23(15,16)17/h1-2,5-6,8,13H,3-4H2,(H,18,19)(H2,10,11,14)(H2,15,16,17)/p-2/t5-,6-,8-/m1/s1. The van der Waals surface area contributed by atoms with E-state index >= 15 is 0 Å². The molecule has 1 aliphatic heterocycles. The molecule has 1 aromatic heterocycles. The predicted molar refractivity (Wildman–Crippen MR) is 71.9 cm³/mol. The molecule has 15 heteroatoms. The van der Waals surface area contributed by atoms with Crippen molar-refractivity contribution in [2.45, 2.75) is 24.9 Å². The number of ether oxygens (including phenoxy) is 1. The van der Waals surface area contributed by atoms with Gasteiger partial charge in [0, 0.05) is 12.6 Å². The summed E-state index contributed by atoms with van der Waals surface area (Å²) in [5.41, 5.74) is 4.61. The van der Waals surface area contributed by atoms with Gasteiger partial charge in [0.2, 0.25) is 0 Å². The van der Waals surface area contributed by atoms with Crippen LogP contribution in [0.15, 0.2) is 17.1 Å². The van der Waals surface area contributed by atoms with Gasteiger partial charge in [0.1, 0.15) is 18.1 Å². The lowest BCUT2D eigenvalue weighted by molar-refractivity contribution is -0.242. The smallest absolute Gasteiger partial charge is 0.351 e. The molecule has 0 aromatic carbocycles. The monoisotopic (exact) mass is 385 g/mol. The van der Waals surface area contributed by atoms with Gasteiger partial charge >= 0.3 is 5.69 Å². The molecule has 2 heterocycles. The van der Waals surface area contributed by atoms with Crippen LogP contribution in [0.3, 0.4) is 0 Å². The van der Waals surface area contributed by atoms with Crippen LogP contribution in [0.2, 0.25) is 0 Å². The lowest BCUT2D eigenvalue weighted by Gasteiger charge is -2.28. The van der Waals surface area contributed by atoms with Crippen LogP contribution in [-0.4, -0.2) is 38.4 Å². The average Bonchev–Trinajstić information content (AvgIpc) is 2.75. The highest BCUT2D eigenvalue weighted by molar-refractivity contribution is 7.59. The van der Waals surface area contributed by atoms with E-state index in [2.05, 4.69) is 13.8 Å². The summed E-state index contributed by atoms with van der Waals surface area (Å²) >= 11 is 0. The van der Waals surface area contributed by atoms with E-state index in [9.17, 15) is 28.8 Å². The van der Waals surface area contributed by atoms with Gasteiger partial charge in [-0.15, -0.1) is 0 Å². The number of hydrogen-bond donors (Lipinski definition) is 3. The van der Waals surface area contributed by atoms with E-state index in [1.165, 1.54) is 12.3 Å². The van der Waals surface area contributed by atoms with Gasteiger partial charge < -0.3 is 34.8 Å². The quantitative estimate of drug-likeness (QED) is 0.432. The molecule has 0 bridgehead atoms. The largest absolute Gasteiger partial charge is 0.756 e. The molecule has 24 heavy (non-hydrogen) atoms. The molecular weight excluding hydrogens is 372 g/mol. The van der Waals surface area contributed by atoms with Crippen molar-refractivity contribution in [1.82, 2.24) is 9.55 Å². The van der Waals surface area contributed by atoms with Gasteiger partial charge in [-0.1, -0.05) is 0 Å². The minimum atomic E-state index is -5.55. The second-order valence-corrected chi connectivity index (χ2v) is 7.51. The van der Waals surface area contributed by atoms with Crippen LogP contribution >= 0.6 is 15.6 Å². The van der Waals surface area contributed by atoms with E-state index in [-0.39, 0.29) is 12.2 Å². The summed E-state index contributed by atoms with van der Waals surface area (Å²) in [5.74, 6) is -0.00910. The van der Waals surface area contributed by atoms with Crippen LogP contribution in [0.25, 0.3) is 0 Å². The first-order valence-corrected chi connectivity index (χ1v) is 9.31. The van der Waals surface area contributed by atoms with Crippen molar-refractivity contribution < 1.29 is 42.5 Å². The molecule has 1 fully saturated rings. The molecule has 0 radical (unpaired) electrons. The van der Waals surface area contributed by atoms with Crippen molar-refractivity contribution in [2.24, 2.45) is 0 Å². The Morgan fingerprint density at radius 2 is 2.17 bits per heavy atom. The Hall–Kier alpha value is -1.14. The Labute approximate surface area is 134 Å². The fraction of sp³-hybridized carbons (Fsp3) is 0.556. The van der Waals surface area contributed by atoms with Crippen molar-refractivity contribution in [3.05, 3.63) is 22.7 Å². The molecule has 136 valence electrons. The third-order valence-electron chi connectivity index (χ3n) is 2.97. The summed E-state index contributed by atoms with van der Waals surface area (Å²) in [6.45, 7) is -0.796. The Bertz CT molecular complexity index is 747. The zero-order chi connectivity index (χ0) is 18.1. The predicted octanol–water partition coefficient (Wildman–Crippen LogP) is -2.56. The number of aliphatic hydroxyl groups is 1. The molecule has 1 aromatic rings. The number of nitrogen functional groups attached to an aromatic ring is 1. The normalized spacial score (nSPS) is 29.1. The number of aliphatic hydroxyl groups excluding tert-OH is 1. The molecule has 0 spiro atoms. The molecule has 0 aliphatic carbocycles. The lowest BCUT2D eigenvalue weighted by Crippen LogP contribution is -2.29. The second-order valence-electron chi connectivity index (χ2n) is 4.77. The van der Waals surface area contributed by atoms with Crippen LogP contribution in [0.4, 0.5) is 5.82 Å². The minimum absolute atomic E-state index is 0.00910. The zero-order valence-corrected chi connectivity index (χ0v) is 13.6. The van der Waals surface area contributed by atoms with Gasteiger partial charge in [0.15, 0.2) is 0 Å². The average molecular weight is 385 g/mol. The van der Waals surface area contributed by atoms with Gasteiger partial charge in [0.05, 0.1) is 12.7 Å². The highest BCUT2D eigenvalue weighted by atomic mass is 31.3. The Balaban J connectivity index is 2.00. The van der Waals surface area contributed by atoms with Gasteiger partial charge in [-0.3, -0.25) is 13.7 Å². The first-order valence-electron chi connectivity index (χ1n) is 6.36. The Kier molecular flexibility index (Phi) is 5.60. The summed E-state index contributed by atoms with van der Waals surface area (Å²) in [6, 6.07) is 1.33. The third-order valence-corrected chi connectivity index (χ3v) is 5.06. The number of nitrogens with zero attached hydrogens (tertiary/aromatic N) is 2. The Morgan fingerprint density at radius 1 is 1.50 bits per heavy atom. The number of anilines is 1. The number of rotatable bonds is 6. The maximum Gasteiger partial charge on any atom is 0.351 e. The Morgan fingerprint density at radius 3 is 2.75 bits per heavy atom. The maximum atomic E-state index is 11.7. The third kappa shape index (κ3) is 5.18. The molecular formula is C9H13N3O10P2-2. The van der Waals surface area contributed by atoms with E-state index < -0.39 is 46.4 Å². The number of phosphoric acid groups is 2. The first-order chi connectivity index (χ1) is 11.0. The molecule has 13 nitrogen and oxygen atoms in total. The van der Waals surface area contributed by atoms with Crippen LogP contribution in [0.1, 0.15) is 12.6 Å². The summed E-state index contributed by atoms with van der Waals surface area (Å²) < 4.78 is 35.5. The molecule has 5 atom stereocenters. The molecule has 4 N–H and O–H groups in total. The molecule has 1 saturated heterocycles. The van der Waals surface area contributed by atoms with Gasteiger partial charge in [-0.05, 0) is 6.07 Å². The molecule has 0 saturated carbocycles. The van der Waals surface area contributed by atoms with Gasteiger partial charge in [0.25, 0.3) is 15.6 Å². The summed E-state index contributed by atoms with van der Waals surface area (Å²) in [6.07, 6.45) is -2.16. The molecule has 0 amide bonds. The van der Waals surface area contributed by atoms with Crippen LogP contribution in [-0.2, 0) is 22.7 Å².